The summed E-state index contributed by atoms with van der Waals surface area (Å²) in [6.45, 7) is 10.1. The second-order valence-corrected chi connectivity index (χ2v) is 6.72. The summed E-state index contributed by atoms with van der Waals surface area (Å²) in [5.74, 6) is 1.89. The quantitative estimate of drug-likeness (QED) is 0.861. The summed E-state index contributed by atoms with van der Waals surface area (Å²) in [6, 6.07) is 9.68. The Hall–Kier alpha value is -1.10. The van der Waals surface area contributed by atoms with Crippen LogP contribution in [0.3, 0.4) is 0 Å². The minimum absolute atomic E-state index is 0.00794. The summed E-state index contributed by atoms with van der Waals surface area (Å²) in [5, 5.41) is 10.3. The average molecular weight is 288 g/mol. The van der Waals surface area contributed by atoms with Gasteiger partial charge in [0.25, 0.3) is 0 Å². The lowest BCUT2D eigenvalue weighted by molar-refractivity contribution is 0.00578. The molecule has 0 aromatic heterocycles. The second kappa shape index (κ2) is 5.95. The van der Waals surface area contributed by atoms with Gasteiger partial charge < -0.3 is 14.4 Å². The normalized spacial score (nSPS) is 23.4. The molecule has 1 aromatic rings. The fourth-order valence-corrected chi connectivity index (χ4v) is 2.29. The van der Waals surface area contributed by atoms with Crippen LogP contribution in [0.5, 0.6) is 0 Å². The maximum atomic E-state index is 10.3. The molecular formula is C17H25BO3. The molecule has 2 rings (SSSR count). The first kappa shape index (κ1) is 16.3. The van der Waals surface area contributed by atoms with Crippen LogP contribution in [0.1, 0.15) is 46.3 Å². The lowest BCUT2D eigenvalue weighted by Crippen LogP contribution is -2.41. The molecule has 4 heteroatoms. The molecule has 1 fully saturated rings. The van der Waals surface area contributed by atoms with Crippen molar-refractivity contribution in [3.05, 3.63) is 47.9 Å². The molecule has 2 atom stereocenters. The average Bonchev–Trinajstić information content (AvgIpc) is 2.64. The van der Waals surface area contributed by atoms with Crippen LogP contribution in [0, 0.1) is 5.92 Å². The van der Waals surface area contributed by atoms with Crippen molar-refractivity contribution in [2.24, 2.45) is 5.92 Å². The number of benzene rings is 1. The Morgan fingerprint density at radius 2 is 1.57 bits per heavy atom. The van der Waals surface area contributed by atoms with Crippen LogP contribution in [0.25, 0.3) is 0 Å². The van der Waals surface area contributed by atoms with Crippen molar-refractivity contribution in [3.8, 4) is 0 Å². The second-order valence-electron chi connectivity index (χ2n) is 6.72. The molecule has 0 radical (unpaired) electrons. The Morgan fingerprint density at radius 1 is 1.05 bits per heavy atom. The van der Waals surface area contributed by atoms with E-state index in [0.717, 1.165) is 5.56 Å². The predicted molar refractivity (Wildman–Crippen MR) is 85.8 cm³/mol. The molecule has 0 amide bonds. The van der Waals surface area contributed by atoms with Crippen LogP contribution in [0.4, 0.5) is 0 Å². The first-order valence-corrected chi connectivity index (χ1v) is 7.50. The van der Waals surface area contributed by atoms with Crippen LogP contribution in [-0.2, 0) is 9.31 Å². The molecule has 21 heavy (non-hydrogen) atoms. The van der Waals surface area contributed by atoms with Gasteiger partial charge in [0.05, 0.1) is 17.3 Å². The van der Waals surface area contributed by atoms with Gasteiger partial charge >= 0.3 is 7.12 Å². The monoisotopic (exact) mass is 288 g/mol. The van der Waals surface area contributed by atoms with Crippen molar-refractivity contribution < 1.29 is 14.4 Å². The lowest BCUT2D eigenvalue weighted by atomic mass is 9.86. The van der Waals surface area contributed by atoms with Crippen LogP contribution in [-0.4, -0.2) is 23.4 Å². The topological polar surface area (TPSA) is 38.7 Å². The molecule has 3 nitrogen and oxygen atoms in total. The Morgan fingerprint density at radius 3 is 2.10 bits per heavy atom. The maximum Gasteiger partial charge on any atom is 0.486 e. The van der Waals surface area contributed by atoms with Gasteiger partial charge in [-0.2, -0.15) is 0 Å². The molecule has 114 valence electrons. The number of hydrogen-bond donors (Lipinski definition) is 1. The zero-order chi connectivity index (χ0) is 15.7. The van der Waals surface area contributed by atoms with E-state index in [2.05, 4.69) is 0 Å². The van der Waals surface area contributed by atoms with Gasteiger partial charge in [-0.25, -0.2) is 0 Å². The molecule has 1 aliphatic rings. The van der Waals surface area contributed by atoms with Gasteiger partial charge in [-0.15, -0.1) is 0 Å². The van der Waals surface area contributed by atoms with E-state index in [1.54, 1.807) is 0 Å². The zero-order valence-corrected chi connectivity index (χ0v) is 13.5. The fraction of sp³-hybridized carbons (Fsp3) is 0.529. The van der Waals surface area contributed by atoms with Crippen molar-refractivity contribution in [1.82, 2.24) is 0 Å². The first-order chi connectivity index (χ1) is 9.73. The third-order valence-electron chi connectivity index (χ3n) is 4.48. The largest absolute Gasteiger partial charge is 0.486 e. The molecule has 1 aromatic carbocycles. The number of rotatable bonds is 4. The Kier molecular flexibility index (Phi) is 4.62. The molecule has 0 unspecified atom stereocenters. The highest BCUT2D eigenvalue weighted by Gasteiger charge is 2.50. The van der Waals surface area contributed by atoms with Gasteiger partial charge in [-0.1, -0.05) is 49.3 Å². The van der Waals surface area contributed by atoms with E-state index in [1.807, 2.05) is 77.0 Å². The van der Waals surface area contributed by atoms with Gasteiger partial charge in [0.15, 0.2) is 0 Å². The SMILES string of the molecule is C[C@H](/C=C\B1OC(C)(C)C(C)(C)O1)[C@@H](O)c1ccccc1. The summed E-state index contributed by atoms with van der Waals surface area (Å²) in [7, 11) is -0.361. The molecule has 1 N–H and O–H groups in total. The molecule has 1 aliphatic heterocycles. The van der Waals surface area contributed by atoms with E-state index in [4.69, 9.17) is 9.31 Å². The minimum Gasteiger partial charge on any atom is -0.400 e. The van der Waals surface area contributed by atoms with Gasteiger partial charge in [0.2, 0.25) is 0 Å². The van der Waals surface area contributed by atoms with Gasteiger partial charge in [-0.3, -0.25) is 0 Å². The number of hydrogen-bond acceptors (Lipinski definition) is 3. The summed E-state index contributed by atoms with van der Waals surface area (Å²) >= 11 is 0. The predicted octanol–water partition coefficient (Wildman–Crippen LogP) is 3.54. The number of aliphatic hydroxyl groups excluding tert-OH is 1. The van der Waals surface area contributed by atoms with Gasteiger partial charge in [-0.05, 0) is 33.3 Å². The smallest absolute Gasteiger partial charge is 0.400 e. The van der Waals surface area contributed by atoms with E-state index in [9.17, 15) is 5.11 Å². The first-order valence-electron chi connectivity index (χ1n) is 7.50. The minimum atomic E-state index is -0.523. The number of aliphatic hydroxyl groups is 1. The van der Waals surface area contributed by atoms with E-state index in [1.165, 1.54) is 0 Å². The molecule has 0 bridgehead atoms. The fourth-order valence-electron chi connectivity index (χ4n) is 2.29. The van der Waals surface area contributed by atoms with Crippen LogP contribution < -0.4 is 0 Å². The summed E-state index contributed by atoms with van der Waals surface area (Å²) in [4.78, 5) is 0. The van der Waals surface area contributed by atoms with E-state index in [-0.39, 0.29) is 24.2 Å². The molecule has 0 saturated carbocycles. The van der Waals surface area contributed by atoms with Crippen molar-refractivity contribution in [2.75, 3.05) is 0 Å². The molecule has 1 heterocycles. The molecule has 1 saturated heterocycles. The Balaban J connectivity index is 1.99. The van der Waals surface area contributed by atoms with Gasteiger partial charge in [0, 0.05) is 5.92 Å². The van der Waals surface area contributed by atoms with Gasteiger partial charge in [0.1, 0.15) is 0 Å². The third kappa shape index (κ3) is 3.57. The van der Waals surface area contributed by atoms with Crippen LogP contribution >= 0.6 is 0 Å². The standard InChI is InChI=1S/C17H25BO3/c1-13(15(19)14-9-7-6-8-10-14)11-12-18-20-16(2,3)17(4,5)21-18/h6-13,15,19H,1-5H3/b12-11-/t13-,15-/m1/s1. The molecule has 0 spiro atoms. The van der Waals surface area contributed by atoms with Crippen molar-refractivity contribution in [2.45, 2.75) is 51.9 Å². The highest BCUT2D eigenvalue weighted by atomic mass is 16.7. The summed E-state index contributed by atoms with van der Waals surface area (Å²) in [6.07, 6.45) is 1.43. The van der Waals surface area contributed by atoms with Crippen LogP contribution in [0.2, 0.25) is 0 Å². The van der Waals surface area contributed by atoms with Crippen LogP contribution in [0.15, 0.2) is 42.4 Å². The molecular weight excluding hydrogens is 263 g/mol. The van der Waals surface area contributed by atoms with E-state index in [0.29, 0.717) is 0 Å². The highest BCUT2D eigenvalue weighted by molar-refractivity contribution is 6.51. The maximum absolute atomic E-state index is 10.3. The Bertz CT molecular complexity index is 480. The molecule has 0 aliphatic carbocycles. The highest BCUT2D eigenvalue weighted by Crippen LogP contribution is 2.37. The van der Waals surface area contributed by atoms with Crippen molar-refractivity contribution >= 4 is 7.12 Å². The van der Waals surface area contributed by atoms with Crippen molar-refractivity contribution in [1.29, 1.82) is 0 Å². The summed E-state index contributed by atoms with van der Waals surface area (Å²) in [5.41, 5.74) is 0.260. The van der Waals surface area contributed by atoms with E-state index >= 15 is 0 Å². The van der Waals surface area contributed by atoms with Crippen molar-refractivity contribution in [3.63, 3.8) is 0 Å². The zero-order valence-electron chi connectivity index (χ0n) is 13.5. The third-order valence-corrected chi connectivity index (χ3v) is 4.48. The Labute approximate surface area is 128 Å². The van der Waals surface area contributed by atoms with E-state index < -0.39 is 6.10 Å². The lowest BCUT2D eigenvalue weighted by Gasteiger charge is -2.32. The summed E-state index contributed by atoms with van der Waals surface area (Å²) < 4.78 is 11.8.